The van der Waals surface area contributed by atoms with Gasteiger partial charge in [0.25, 0.3) is 0 Å². The first kappa shape index (κ1) is 17.2. The normalized spacial score (nSPS) is 35.4. The SMILES string of the molecule is CC1CCC(C(NN)C2(N(C)C)CCCCCC2)CC1C. The molecule has 2 rings (SSSR count). The zero-order valence-electron chi connectivity index (χ0n) is 14.7. The van der Waals surface area contributed by atoms with E-state index in [-0.39, 0.29) is 5.54 Å². The second kappa shape index (κ2) is 7.43. The quantitative estimate of drug-likeness (QED) is 0.473. The van der Waals surface area contributed by atoms with E-state index in [4.69, 9.17) is 5.84 Å². The highest BCUT2D eigenvalue weighted by Crippen LogP contribution is 2.42. The summed E-state index contributed by atoms with van der Waals surface area (Å²) < 4.78 is 0. The molecule has 0 amide bonds. The van der Waals surface area contributed by atoms with Crippen LogP contribution in [0.3, 0.4) is 0 Å². The van der Waals surface area contributed by atoms with Gasteiger partial charge in [0.1, 0.15) is 0 Å². The van der Waals surface area contributed by atoms with Crippen LogP contribution in [-0.4, -0.2) is 30.6 Å². The molecule has 0 heterocycles. The summed E-state index contributed by atoms with van der Waals surface area (Å²) in [4.78, 5) is 2.49. The third-order valence-electron chi connectivity index (χ3n) is 6.73. The largest absolute Gasteiger partial charge is 0.302 e. The Morgan fingerprint density at radius 2 is 1.62 bits per heavy atom. The van der Waals surface area contributed by atoms with Crippen molar-refractivity contribution < 1.29 is 0 Å². The van der Waals surface area contributed by atoms with E-state index >= 15 is 0 Å². The van der Waals surface area contributed by atoms with Gasteiger partial charge in [-0.2, -0.15) is 0 Å². The molecule has 2 aliphatic rings. The fourth-order valence-corrected chi connectivity index (χ4v) is 5.00. The van der Waals surface area contributed by atoms with Crippen molar-refractivity contribution in [3.05, 3.63) is 0 Å². The smallest absolute Gasteiger partial charge is 0.0422 e. The predicted octanol–water partition coefficient (Wildman–Crippen LogP) is 3.55. The summed E-state index contributed by atoms with van der Waals surface area (Å²) in [6, 6.07) is 0.445. The van der Waals surface area contributed by atoms with Crippen LogP contribution in [0.4, 0.5) is 0 Å². The van der Waals surface area contributed by atoms with Gasteiger partial charge in [0.05, 0.1) is 0 Å². The summed E-state index contributed by atoms with van der Waals surface area (Å²) in [5.74, 6) is 8.57. The molecular formula is C18H37N3. The van der Waals surface area contributed by atoms with Crippen LogP contribution in [0.25, 0.3) is 0 Å². The maximum absolute atomic E-state index is 6.11. The average Bonchev–Trinajstić information content (AvgIpc) is 2.70. The van der Waals surface area contributed by atoms with Crippen LogP contribution < -0.4 is 11.3 Å². The van der Waals surface area contributed by atoms with Gasteiger partial charge in [-0.3, -0.25) is 11.3 Å². The summed E-state index contributed by atoms with van der Waals surface area (Å²) in [6.07, 6.45) is 12.2. The Morgan fingerprint density at radius 1 is 1.00 bits per heavy atom. The highest BCUT2D eigenvalue weighted by atomic mass is 15.3. The van der Waals surface area contributed by atoms with E-state index < -0.39 is 0 Å². The minimum Gasteiger partial charge on any atom is -0.302 e. The molecule has 2 saturated carbocycles. The van der Waals surface area contributed by atoms with Gasteiger partial charge in [-0.15, -0.1) is 0 Å². The molecule has 21 heavy (non-hydrogen) atoms. The molecule has 4 unspecified atom stereocenters. The van der Waals surface area contributed by atoms with Crippen LogP contribution in [0.2, 0.25) is 0 Å². The van der Waals surface area contributed by atoms with Crippen molar-refractivity contribution in [2.45, 2.75) is 83.2 Å². The van der Waals surface area contributed by atoms with E-state index in [1.165, 1.54) is 57.8 Å². The zero-order valence-corrected chi connectivity index (χ0v) is 14.7. The Bertz CT molecular complexity index is 308. The molecular weight excluding hydrogens is 258 g/mol. The third-order valence-corrected chi connectivity index (χ3v) is 6.73. The summed E-state index contributed by atoms with van der Waals surface area (Å²) >= 11 is 0. The van der Waals surface area contributed by atoms with Crippen molar-refractivity contribution in [2.24, 2.45) is 23.6 Å². The van der Waals surface area contributed by atoms with Crippen molar-refractivity contribution >= 4 is 0 Å². The van der Waals surface area contributed by atoms with Crippen molar-refractivity contribution in [3.8, 4) is 0 Å². The van der Waals surface area contributed by atoms with E-state index in [0.29, 0.717) is 6.04 Å². The monoisotopic (exact) mass is 295 g/mol. The maximum Gasteiger partial charge on any atom is 0.0422 e. The number of nitrogens with one attached hydrogen (secondary N) is 1. The number of hydrogen-bond donors (Lipinski definition) is 2. The number of likely N-dealkylation sites (N-methyl/N-ethyl adjacent to an activating group) is 1. The first-order valence-electron chi connectivity index (χ1n) is 9.15. The van der Waals surface area contributed by atoms with Gasteiger partial charge < -0.3 is 4.90 Å². The Kier molecular flexibility index (Phi) is 6.10. The van der Waals surface area contributed by atoms with Gasteiger partial charge in [-0.1, -0.05) is 46.0 Å². The Balaban J connectivity index is 2.19. The highest BCUT2D eigenvalue weighted by molar-refractivity contribution is 5.03. The lowest BCUT2D eigenvalue weighted by molar-refractivity contribution is 0.0291. The summed E-state index contributed by atoms with van der Waals surface area (Å²) in [7, 11) is 4.54. The van der Waals surface area contributed by atoms with E-state index in [0.717, 1.165) is 17.8 Å². The van der Waals surface area contributed by atoms with Crippen molar-refractivity contribution in [3.63, 3.8) is 0 Å². The van der Waals surface area contributed by atoms with Crippen molar-refractivity contribution in [2.75, 3.05) is 14.1 Å². The van der Waals surface area contributed by atoms with Crippen LogP contribution in [0, 0.1) is 17.8 Å². The Labute approximate surface area is 132 Å². The second-order valence-electron chi connectivity index (χ2n) is 8.08. The van der Waals surface area contributed by atoms with Gasteiger partial charge in [0, 0.05) is 11.6 Å². The van der Waals surface area contributed by atoms with Crippen LogP contribution in [0.1, 0.15) is 71.6 Å². The molecule has 3 N–H and O–H groups in total. The minimum absolute atomic E-state index is 0.260. The summed E-state index contributed by atoms with van der Waals surface area (Å²) in [6.45, 7) is 4.85. The van der Waals surface area contributed by atoms with Crippen LogP contribution in [-0.2, 0) is 0 Å². The first-order chi connectivity index (χ1) is 10.0. The number of nitrogens with two attached hydrogens (primary N) is 1. The molecule has 3 heteroatoms. The number of nitrogens with zero attached hydrogens (tertiary/aromatic N) is 1. The molecule has 0 aromatic rings. The second-order valence-corrected chi connectivity index (χ2v) is 8.08. The van der Waals surface area contributed by atoms with Crippen LogP contribution >= 0.6 is 0 Å². The molecule has 3 nitrogen and oxygen atoms in total. The van der Waals surface area contributed by atoms with Gasteiger partial charge in [-0.25, -0.2) is 0 Å². The lowest BCUT2D eigenvalue weighted by atomic mass is 9.67. The van der Waals surface area contributed by atoms with Gasteiger partial charge >= 0.3 is 0 Å². The summed E-state index contributed by atoms with van der Waals surface area (Å²) in [5.41, 5.74) is 3.55. The van der Waals surface area contributed by atoms with Gasteiger partial charge in [0.2, 0.25) is 0 Å². The van der Waals surface area contributed by atoms with E-state index in [2.05, 4.69) is 38.3 Å². The topological polar surface area (TPSA) is 41.3 Å². The number of rotatable bonds is 4. The molecule has 124 valence electrons. The molecule has 0 bridgehead atoms. The molecule has 0 radical (unpaired) electrons. The molecule has 0 aromatic carbocycles. The molecule has 4 atom stereocenters. The summed E-state index contributed by atoms with van der Waals surface area (Å²) in [5, 5.41) is 0. The minimum atomic E-state index is 0.260. The van der Waals surface area contributed by atoms with Crippen molar-refractivity contribution in [1.82, 2.24) is 10.3 Å². The first-order valence-corrected chi connectivity index (χ1v) is 9.15. The van der Waals surface area contributed by atoms with E-state index in [9.17, 15) is 0 Å². The van der Waals surface area contributed by atoms with E-state index in [1.54, 1.807) is 0 Å². The number of hydrogen-bond acceptors (Lipinski definition) is 3. The average molecular weight is 296 g/mol. The predicted molar refractivity (Wildman–Crippen MR) is 90.9 cm³/mol. The molecule has 2 fully saturated rings. The Hall–Kier alpha value is -0.120. The third kappa shape index (κ3) is 3.62. The standard InChI is InChI=1S/C18H37N3/c1-14-9-10-16(13-15(14)2)17(20-19)18(21(3)4)11-7-5-6-8-12-18/h14-17,20H,5-13,19H2,1-4H3. The maximum atomic E-state index is 6.11. The van der Waals surface area contributed by atoms with Crippen LogP contribution in [0.5, 0.6) is 0 Å². The van der Waals surface area contributed by atoms with Gasteiger partial charge in [-0.05, 0) is 57.5 Å². The lowest BCUT2D eigenvalue weighted by Gasteiger charge is -2.50. The van der Waals surface area contributed by atoms with Crippen LogP contribution in [0.15, 0.2) is 0 Å². The van der Waals surface area contributed by atoms with Gasteiger partial charge in [0.15, 0.2) is 0 Å². The Morgan fingerprint density at radius 3 is 2.10 bits per heavy atom. The molecule has 0 spiro atoms. The number of hydrazine groups is 1. The van der Waals surface area contributed by atoms with Crippen molar-refractivity contribution in [1.29, 1.82) is 0 Å². The van der Waals surface area contributed by atoms with E-state index in [1.807, 2.05) is 0 Å². The molecule has 0 aliphatic heterocycles. The fraction of sp³-hybridized carbons (Fsp3) is 1.00. The molecule has 0 saturated heterocycles. The lowest BCUT2D eigenvalue weighted by Crippen LogP contribution is -2.64. The fourth-order valence-electron chi connectivity index (χ4n) is 5.00. The highest BCUT2D eigenvalue weighted by Gasteiger charge is 2.45. The molecule has 2 aliphatic carbocycles. The molecule has 0 aromatic heterocycles. The zero-order chi connectivity index (χ0) is 15.5.